The van der Waals surface area contributed by atoms with Crippen molar-refractivity contribution in [1.82, 2.24) is 9.97 Å². The van der Waals surface area contributed by atoms with Gasteiger partial charge in [-0.25, -0.2) is 9.97 Å². The van der Waals surface area contributed by atoms with E-state index in [4.69, 9.17) is 16.7 Å². The molecule has 0 amide bonds. The molecule has 6 heteroatoms. The number of nitrogens with one attached hydrogen (secondary N) is 1. The number of aromatic nitrogens is 2. The van der Waals surface area contributed by atoms with Gasteiger partial charge in [0.25, 0.3) is 0 Å². The van der Waals surface area contributed by atoms with Gasteiger partial charge in [-0.15, -0.1) is 0 Å². The molecular weight excluding hydrogens is 257 g/mol. The van der Waals surface area contributed by atoms with E-state index in [0.29, 0.717) is 15.7 Å². The summed E-state index contributed by atoms with van der Waals surface area (Å²) in [5, 5.41) is 12.1. The van der Waals surface area contributed by atoms with Crippen molar-refractivity contribution < 1.29 is 5.11 Å². The summed E-state index contributed by atoms with van der Waals surface area (Å²) in [6, 6.07) is 1.54. The molecule has 0 saturated carbocycles. The highest BCUT2D eigenvalue weighted by atomic mass is 79.9. The van der Waals surface area contributed by atoms with Crippen LogP contribution in [0.5, 0.6) is 0 Å². The monoisotopic (exact) mass is 265 g/mol. The van der Waals surface area contributed by atoms with Crippen LogP contribution in [-0.4, -0.2) is 27.7 Å². The lowest BCUT2D eigenvalue weighted by molar-refractivity contribution is 0.281. The number of aliphatic hydroxyl groups is 1. The molecule has 72 valence electrons. The quantitative estimate of drug-likeness (QED) is 0.646. The highest BCUT2D eigenvalue weighted by Crippen LogP contribution is 2.15. The Hall–Kier alpha value is -0.390. The summed E-state index contributed by atoms with van der Waals surface area (Å²) in [5.74, 6) is 0.591. The van der Waals surface area contributed by atoms with Gasteiger partial charge in [0.15, 0.2) is 4.73 Å². The van der Waals surface area contributed by atoms with Crippen molar-refractivity contribution in [2.45, 2.75) is 13.0 Å². The van der Waals surface area contributed by atoms with E-state index in [1.54, 1.807) is 6.07 Å². The van der Waals surface area contributed by atoms with E-state index < -0.39 is 0 Å². The minimum absolute atomic E-state index is 0.0409. The number of nitrogens with zero attached hydrogens (tertiary/aromatic N) is 2. The van der Waals surface area contributed by atoms with Crippen LogP contribution in [0.15, 0.2) is 10.8 Å². The molecule has 0 radical (unpaired) electrons. The van der Waals surface area contributed by atoms with Gasteiger partial charge in [0, 0.05) is 12.1 Å². The third kappa shape index (κ3) is 3.46. The van der Waals surface area contributed by atoms with Gasteiger partial charge in [0.2, 0.25) is 0 Å². The maximum Gasteiger partial charge on any atom is 0.199 e. The molecule has 1 aromatic heterocycles. The molecule has 0 aliphatic rings. The Morgan fingerprint density at radius 2 is 2.38 bits per heavy atom. The second kappa shape index (κ2) is 4.74. The number of hydrogen-bond donors (Lipinski definition) is 2. The molecule has 1 aromatic rings. The Balaban J connectivity index is 2.77. The first kappa shape index (κ1) is 10.7. The predicted molar refractivity (Wildman–Crippen MR) is 54.9 cm³/mol. The summed E-state index contributed by atoms with van der Waals surface area (Å²) in [6.45, 7) is 1.88. The molecule has 0 aliphatic carbocycles. The summed E-state index contributed by atoms with van der Waals surface area (Å²) in [4.78, 5) is 7.86. The van der Waals surface area contributed by atoms with Crippen LogP contribution in [0, 0.1) is 0 Å². The lowest BCUT2D eigenvalue weighted by atomic mass is 10.3. The Kier molecular flexibility index (Phi) is 3.90. The van der Waals surface area contributed by atoms with Crippen LogP contribution in [0.25, 0.3) is 0 Å². The average molecular weight is 267 g/mol. The van der Waals surface area contributed by atoms with Crippen LogP contribution in [0.2, 0.25) is 5.15 Å². The number of anilines is 1. The molecule has 13 heavy (non-hydrogen) atoms. The lowest BCUT2D eigenvalue weighted by Gasteiger charge is -2.11. The van der Waals surface area contributed by atoms with Gasteiger partial charge in [-0.2, -0.15) is 0 Å². The number of rotatable bonds is 3. The van der Waals surface area contributed by atoms with E-state index in [0.717, 1.165) is 0 Å². The standard InChI is InChI=1S/C7H9BrClN3O/c1-4(3-13)10-6-2-5(9)11-7(8)12-6/h2,4,13H,3H2,1H3,(H,10,11,12)/t4-/m1/s1. The fourth-order valence-corrected chi connectivity index (χ4v) is 1.43. The predicted octanol–water partition coefficient (Wildman–Crippen LogP) is 1.69. The SMILES string of the molecule is C[C@H](CO)Nc1cc(Cl)nc(Br)n1. The molecule has 0 spiro atoms. The van der Waals surface area contributed by atoms with Gasteiger partial charge in [0.1, 0.15) is 11.0 Å². The van der Waals surface area contributed by atoms with Crippen molar-refractivity contribution in [3.63, 3.8) is 0 Å². The first-order chi connectivity index (χ1) is 6.11. The Bertz CT molecular complexity index is 277. The highest BCUT2D eigenvalue weighted by molar-refractivity contribution is 9.10. The van der Waals surface area contributed by atoms with Gasteiger partial charge in [0.05, 0.1) is 6.61 Å². The average Bonchev–Trinajstić information content (AvgIpc) is 2.02. The molecule has 0 fully saturated rings. The normalized spacial score (nSPS) is 12.6. The summed E-state index contributed by atoms with van der Waals surface area (Å²) < 4.78 is 0.424. The first-order valence-electron chi connectivity index (χ1n) is 3.69. The molecule has 0 bridgehead atoms. The third-order valence-electron chi connectivity index (χ3n) is 1.34. The zero-order valence-corrected chi connectivity index (χ0v) is 9.30. The minimum atomic E-state index is -0.0575. The van der Waals surface area contributed by atoms with Crippen molar-refractivity contribution in [2.75, 3.05) is 11.9 Å². The topological polar surface area (TPSA) is 58.0 Å². The summed E-state index contributed by atoms with van der Waals surface area (Å²) >= 11 is 8.81. The lowest BCUT2D eigenvalue weighted by Crippen LogP contribution is -2.20. The molecule has 0 unspecified atom stereocenters. The summed E-state index contributed by atoms with van der Waals surface area (Å²) in [7, 11) is 0. The van der Waals surface area contributed by atoms with Crippen molar-refractivity contribution in [3.8, 4) is 0 Å². The van der Waals surface area contributed by atoms with Gasteiger partial charge < -0.3 is 10.4 Å². The second-order valence-corrected chi connectivity index (χ2v) is 3.67. The maximum atomic E-state index is 8.78. The molecule has 0 aromatic carbocycles. The van der Waals surface area contributed by atoms with E-state index in [9.17, 15) is 0 Å². The van der Waals surface area contributed by atoms with Crippen molar-refractivity contribution in [1.29, 1.82) is 0 Å². The molecule has 1 atom stereocenters. The fourth-order valence-electron chi connectivity index (χ4n) is 0.762. The van der Waals surface area contributed by atoms with E-state index in [1.165, 1.54) is 0 Å². The van der Waals surface area contributed by atoms with Crippen LogP contribution in [0.1, 0.15) is 6.92 Å². The molecule has 2 N–H and O–H groups in total. The molecule has 0 saturated heterocycles. The van der Waals surface area contributed by atoms with E-state index >= 15 is 0 Å². The molecule has 4 nitrogen and oxygen atoms in total. The van der Waals surface area contributed by atoms with Gasteiger partial charge in [-0.05, 0) is 22.9 Å². The first-order valence-corrected chi connectivity index (χ1v) is 4.86. The van der Waals surface area contributed by atoms with Crippen molar-refractivity contribution >= 4 is 33.3 Å². The molecular formula is C7H9BrClN3O. The molecule has 1 heterocycles. The zero-order chi connectivity index (χ0) is 9.84. The van der Waals surface area contributed by atoms with E-state index in [1.807, 2.05) is 6.92 Å². The molecule has 0 aliphatic heterocycles. The Morgan fingerprint density at radius 3 is 2.92 bits per heavy atom. The number of hydrogen-bond acceptors (Lipinski definition) is 4. The van der Waals surface area contributed by atoms with E-state index in [-0.39, 0.29) is 12.6 Å². The van der Waals surface area contributed by atoms with Crippen LogP contribution >= 0.6 is 27.5 Å². The van der Waals surface area contributed by atoms with Crippen LogP contribution in [-0.2, 0) is 0 Å². The second-order valence-electron chi connectivity index (χ2n) is 2.57. The van der Waals surface area contributed by atoms with Crippen molar-refractivity contribution in [3.05, 3.63) is 16.0 Å². The van der Waals surface area contributed by atoms with Crippen LogP contribution < -0.4 is 5.32 Å². The van der Waals surface area contributed by atoms with Crippen LogP contribution in [0.4, 0.5) is 5.82 Å². The fraction of sp³-hybridized carbons (Fsp3) is 0.429. The minimum Gasteiger partial charge on any atom is -0.394 e. The largest absolute Gasteiger partial charge is 0.394 e. The smallest absolute Gasteiger partial charge is 0.199 e. The Morgan fingerprint density at radius 1 is 1.69 bits per heavy atom. The third-order valence-corrected chi connectivity index (χ3v) is 1.88. The van der Waals surface area contributed by atoms with Gasteiger partial charge in [-0.1, -0.05) is 11.6 Å². The van der Waals surface area contributed by atoms with Crippen molar-refractivity contribution in [2.24, 2.45) is 0 Å². The molecule has 1 rings (SSSR count). The number of aliphatic hydroxyl groups excluding tert-OH is 1. The van der Waals surface area contributed by atoms with E-state index in [2.05, 4.69) is 31.2 Å². The highest BCUT2D eigenvalue weighted by Gasteiger charge is 2.03. The van der Waals surface area contributed by atoms with Crippen LogP contribution in [0.3, 0.4) is 0 Å². The van der Waals surface area contributed by atoms with Gasteiger partial charge in [-0.3, -0.25) is 0 Å². The maximum absolute atomic E-state index is 8.78. The van der Waals surface area contributed by atoms with Gasteiger partial charge >= 0.3 is 0 Å². The summed E-state index contributed by atoms with van der Waals surface area (Å²) in [6.07, 6.45) is 0. The Labute approximate surface area is 89.5 Å². The number of halogens is 2. The zero-order valence-electron chi connectivity index (χ0n) is 6.96. The summed E-state index contributed by atoms with van der Waals surface area (Å²) in [5.41, 5.74) is 0.